The summed E-state index contributed by atoms with van der Waals surface area (Å²) >= 11 is 7.28. The van der Waals surface area contributed by atoms with Gasteiger partial charge in [-0.3, -0.25) is 0 Å². The van der Waals surface area contributed by atoms with Crippen molar-refractivity contribution < 1.29 is 13.9 Å². The molecule has 0 bridgehead atoms. The highest BCUT2D eigenvalue weighted by Crippen LogP contribution is 2.34. The smallest absolute Gasteiger partial charge is 0.256 e. The van der Waals surface area contributed by atoms with E-state index in [-0.39, 0.29) is 19.5 Å². The lowest BCUT2D eigenvalue weighted by molar-refractivity contribution is -0.0881. The summed E-state index contributed by atoms with van der Waals surface area (Å²) in [5.41, 5.74) is 0. The zero-order valence-electron chi connectivity index (χ0n) is 10.3. The van der Waals surface area contributed by atoms with Gasteiger partial charge in [-0.2, -0.15) is 0 Å². The van der Waals surface area contributed by atoms with Crippen LogP contribution in [0.5, 0.6) is 0 Å². The molecule has 1 N–H and O–H groups in total. The van der Waals surface area contributed by atoms with E-state index in [4.69, 9.17) is 16.7 Å². The number of hydrogen-bond acceptors (Lipinski definition) is 5. The standard InChI is InChI=1S/C11H14ClF2N3OS/c1-19-9-8(12)4-15-10(16-9)17-3-2-11(13,14)7(5-17)6-18/h4,7,18H,2-3,5-6H2,1H3/t7-/m1/s1. The first-order valence-corrected chi connectivity index (χ1v) is 7.38. The maximum absolute atomic E-state index is 13.5. The fraction of sp³-hybridized carbons (Fsp3) is 0.636. The van der Waals surface area contributed by atoms with Crippen LogP contribution in [0, 0.1) is 5.92 Å². The molecule has 1 aromatic rings. The van der Waals surface area contributed by atoms with Gasteiger partial charge in [0.25, 0.3) is 5.92 Å². The molecular weight excluding hydrogens is 296 g/mol. The molecule has 1 fully saturated rings. The highest BCUT2D eigenvalue weighted by molar-refractivity contribution is 7.98. The summed E-state index contributed by atoms with van der Waals surface area (Å²) in [4.78, 5) is 9.98. The molecule has 0 amide bonds. The predicted octanol–water partition coefficient (Wildman–Crippen LogP) is 2.31. The number of aliphatic hydroxyl groups is 1. The highest BCUT2D eigenvalue weighted by atomic mass is 35.5. The molecule has 4 nitrogen and oxygen atoms in total. The Balaban J connectivity index is 2.19. The molecule has 2 rings (SSSR count). The Morgan fingerprint density at radius 2 is 2.37 bits per heavy atom. The second-order valence-corrected chi connectivity index (χ2v) is 5.57. The third-order valence-corrected chi connectivity index (χ3v) is 4.24. The molecule has 0 aromatic carbocycles. The third-order valence-electron chi connectivity index (χ3n) is 3.15. The minimum Gasteiger partial charge on any atom is -0.396 e. The molecule has 2 heterocycles. The van der Waals surface area contributed by atoms with Crippen LogP contribution < -0.4 is 4.90 Å². The van der Waals surface area contributed by atoms with Crippen LogP contribution in [0.4, 0.5) is 14.7 Å². The normalized spacial score (nSPS) is 22.6. The zero-order chi connectivity index (χ0) is 14.0. The SMILES string of the molecule is CSc1nc(N2CCC(F)(F)[C@@H](CO)C2)ncc1Cl. The quantitative estimate of drug-likeness (QED) is 0.686. The number of thioether (sulfide) groups is 1. The van der Waals surface area contributed by atoms with E-state index in [1.807, 2.05) is 6.26 Å². The van der Waals surface area contributed by atoms with E-state index in [0.29, 0.717) is 16.0 Å². The lowest BCUT2D eigenvalue weighted by atomic mass is 9.94. The molecular formula is C11H14ClF2N3OS. The summed E-state index contributed by atoms with van der Waals surface area (Å²) < 4.78 is 27.0. The summed E-state index contributed by atoms with van der Waals surface area (Å²) in [6, 6.07) is 0. The molecule has 0 unspecified atom stereocenters. The van der Waals surface area contributed by atoms with Crippen molar-refractivity contribution in [3.05, 3.63) is 11.2 Å². The van der Waals surface area contributed by atoms with E-state index in [1.165, 1.54) is 18.0 Å². The Morgan fingerprint density at radius 3 is 3.00 bits per heavy atom. The Kier molecular flexibility index (Phi) is 4.47. The van der Waals surface area contributed by atoms with Gasteiger partial charge >= 0.3 is 0 Å². The van der Waals surface area contributed by atoms with Crippen molar-refractivity contribution in [1.82, 2.24) is 9.97 Å². The minimum atomic E-state index is -2.83. The van der Waals surface area contributed by atoms with Crippen molar-refractivity contribution in [1.29, 1.82) is 0 Å². The summed E-state index contributed by atoms with van der Waals surface area (Å²) in [6.45, 7) is -0.343. The highest BCUT2D eigenvalue weighted by Gasteiger charge is 2.44. The van der Waals surface area contributed by atoms with Gasteiger partial charge < -0.3 is 10.0 Å². The first-order valence-electron chi connectivity index (χ1n) is 5.78. The Bertz CT molecular complexity index is 464. The van der Waals surface area contributed by atoms with Crippen LogP contribution in [-0.4, -0.2) is 46.9 Å². The maximum atomic E-state index is 13.5. The molecule has 0 saturated carbocycles. The number of hydrogen-bond donors (Lipinski definition) is 1. The first-order chi connectivity index (χ1) is 8.97. The number of halogens is 3. The van der Waals surface area contributed by atoms with Crippen LogP contribution >= 0.6 is 23.4 Å². The molecule has 8 heteroatoms. The van der Waals surface area contributed by atoms with E-state index >= 15 is 0 Å². The minimum absolute atomic E-state index is 0.0406. The van der Waals surface area contributed by atoms with Crippen molar-refractivity contribution in [2.45, 2.75) is 17.4 Å². The number of rotatable bonds is 3. The molecule has 1 atom stereocenters. The summed E-state index contributed by atoms with van der Waals surface area (Å²) in [5, 5.41) is 10.1. The zero-order valence-corrected chi connectivity index (χ0v) is 11.9. The average Bonchev–Trinajstić information content (AvgIpc) is 2.39. The lowest BCUT2D eigenvalue weighted by Gasteiger charge is -2.37. The van der Waals surface area contributed by atoms with Gasteiger partial charge in [0, 0.05) is 19.5 Å². The Morgan fingerprint density at radius 1 is 1.63 bits per heavy atom. The summed E-state index contributed by atoms with van der Waals surface area (Å²) in [6.07, 6.45) is 2.99. The molecule has 1 saturated heterocycles. The van der Waals surface area contributed by atoms with Gasteiger partial charge in [0.1, 0.15) is 5.03 Å². The lowest BCUT2D eigenvalue weighted by Crippen LogP contribution is -2.49. The van der Waals surface area contributed by atoms with Gasteiger partial charge in [-0.25, -0.2) is 18.7 Å². The number of alkyl halides is 2. The molecule has 0 spiro atoms. The van der Waals surface area contributed by atoms with E-state index in [2.05, 4.69) is 9.97 Å². The van der Waals surface area contributed by atoms with Gasteiger partial charge in [0.2, 0.25) is 5.95 Å². The largest absolute Gasteiger partial charge is 0.396 e. The van der Waals surface area contributed by atoms with Gasteiger partial charge in [-0.05, 0) is 6.26 Å². The van der Waals surface area contributed by atoms with Crippen molar-refractivity contribution in [2.24, 2.45) is 5.92 Å². The first kappa shape index (κ1) is 14.7. The monoisotopic (exact) mass is 309 g/mol. The average molecular weight is 310 g/mol. The van der Waals surface area contributed by atoms with Crippen molar-refractivity contribution in [3.8, 4) is 0 Å². The fourth-order valence-electron chi connectivity index (χ4n) is 1.99. The maximum Gasteiger partial charge on any atom is 0.256 e. The molecule has 19 heavy (non-hydrogen) atoms. The molecule has 0 aliphatic carbocycles. The van der Waals surface area contributed by atoms with Crippen molar-refractivity contribution in [3.63, 3.8) is 0 Å². The Hall–Kier alpha value is -0.660. The van der Waals surface area contributed by atoms with Crippen molar-refractivity contribution in [2.75, 3.05) is 30.9 Å². The topological polar surface area (TPSA) is 49.2 Å². The molecule has 106 valence electrons. The van der Waals surface area contributed by atoms with Crippen LogP contribution in [0.2, 0.25) is 5.02 Å². The van der Waals surface area contributed by atoms with Crippen LogP contribution in [0.1, 0.15) is 6.42 Å². The van der Waals surface area contributed by atoms with E-state index < -0.39 is 18.4 Å². The molecule has 0 radical (unpaired) electrons. The van der Waals surface area contributed by atoms with Gasteiger partial charge in [-0.1, -0.05) is 11.6 Å². The van der Waals surface area contributed by atoms with Crippen LogP contribution in [0.25, 0.3) is 0 Å². The number of nitrogens with zero attached hydrogens (tertiary/aromatic N) is 3. The number of piperidine rings is 1. The Labute approximate surface area is 119 Å². The second-order valence-electron chi connectivity index (χ2n) is 4.36. The second kappa shape index (κ2) is 5.76. The van der Waals surface area contributed by atoms with Gasteiger partial charge in [0.05, 0.1) is 23.7 Å². The molecule has 1 aliphatic heterocycles. The number of aromatic nitrogens is 2. The van der Waals surface area contributed by atoms with E-state index in [9.17, 15) is 8.78 Å². The third kappa shape index (κ3) is 3.09. The van der Waals surface area contributed by atoms with Gasteiger partial charge in [-0.15, -0.1) is 11.8 Å². The van der Waals surface area contributed by atoms with Gasteiger partial charge in [0.15, 0.2) is 0 Å². The number of anilines is 1. The fourth-order valence-corrected chi connectivity index (χ4v) is 2.73. The van der Waals surface area contributed by atoms with Crippen LogP contribution in [-0.2, 0) is 0 Å². The summed E-state index contributed by atoms with van der Waals surface area (Å²) in [7, 11) is 0. The van der Waals surface area contributed by atoms with E-state index in [1.54, 1.807) is 4.90 Å². The summed E-state index contributed by atoms with van der Waals surface area (Å²) in [5.74, 6) is -3.54. The molecule has 1 aliphatic rings. The van der Waals surface area contributed by atoms with Crippen molar-refractivity contribution >= 4 is 29.3 Å². The number of aliphatic hydroxyl groups excluding tert-OH is 1. The van der Waals surface area contributed by atoms with E-state index in [0.717, 1.165) is 0 Å². The molecule has 1 aromatic heterocycles. The van der Waals surface area contributed by atoms with Crippen LogP contribution in [0.15, 0.2) is 11.2 Å². The predicted molar refractivity (Wildman–Crippen MR) is 71.2 cm³/mol. The van der Waals surface area contributed by atoms with Crippen LogP contribution in [0.3, 0.4) is 0 Å².